The number of imide groups is 1. The molecular weight excluding hydrogens is 198 g/mol. The van der Waals surface area contributed by atoms with E-state index in [1.54, 1.807) is 6.92 Å². The lowest BCUT2D eigenvalue weighted by molar-refractivity contribution is -0.186. The fraction of sp³-hybridized carbons (Fsp3) is 0.500. The van der Waals surface area contributed by atoms with Crippen molar-refractivity contribution in [3.8, 4) is 0 Å². The van der Waals surface area contributed by atoms with Gasteiger partial charge in [0.2, 0.25) is 5.91 Å². The van der Waals surface area contributed by atoms with Crippen LogP contribution in [0.3, 0.4) is 0 Å². The Bertz CT molecular complexity index is 334. The van der Waals surface area contributed by atoms with Gasteiger partial charge in [0.15, 0.2) is 6.23 Å². The Morgan fingerprint density at radius 1 is 1.60 bits per heavy atom. The molecule has 0 aromatic heterocycles. The van der Waals surface area contributed by atoms with Crippen molar-refractivity contribution >= 4 is 17.8 Å². The summed E-state index contributed by atoms with van der Waals surface area (Å²) >= 11 is 0. The molecule has 0 radical (unpaired) electrons. The lowest BCUT2D eigenvalue weighted by Crippen LogP contribution is -2.57. The van der Waals surface area contributed by atoms with Gasteiger partial charge < -0.3 is 4.74 Å². The van der Waals surface area contributed by atoms with Gasteiger partial charge in [0, 0.05) is 12.0 Å². The molecule has 0 spiro atoms. The number of rotatable bonds is 3. The lowest BCUT2D eigenvalue weighted by atomic mass is 10.1. The molecule has 2 amide bonds. The van der Waals surface area contributed by atoms with E-state index in [0.29, 0.717) is 0 Å². The molecule has 1 heterocycles. The highest BCUT2D eigenvalue weighted by Crippen LogP contribution is 2.22. The summed E-state index contributed by atoms with van der Waals surface area (Å²) in [6, 6.07) is 0. The van der Waals surface area contributed by atoms with Gasteiger partial charge in [-0.15, -0.1) is 0 Å². The summed E-state index contributed by atoms with van der Waals surface area (Å²) in [5.74, 6) is -1.25. The fourth-order valence-electron chi connectivity index (χ4n) is 1.17. The molecule has 1 aliphatic heterocycles. The minimum absolute atomic E-state index is 0.0742. The van der Waals surface area contributed by atoms with Crippen molar-refractivity contribution in [3.05, 3.63) is 12.2 Å². The van der Waals surface area contributed by atoms with Crippen LogP contribution in [0.5, 0.6) is 0 Å². The number of esters is 1. The summed E-state index contributed by atoms with van der Waals surface area (Å²) in [5, 5.41) is 0. The molecule has 82 valence electrons. The van der Waals surface area contributed by atoms with Crippen molar-refractivity contribution < 1.29 is 19.1 Å². The molecule has 1 atom stereocenters. The Morgan fingerprint density at radius 3 is 2.60 bits per heavy atom. The Balaban J connectivity index is 2.63. The van der Waals surface area contributed by atoms with Crippen LogP contribution >= 0.6 is 0 Å². The van der Waals surface area contributed by atoms with Gasteiger partial charge in [0.05, 0.1) is 6.42 Å². The SMILES string of the molecule is C=C(C)C(=O)N1C(=O)CC1OC(=O)CC. The average Bonchev–Trinajstić information content (AvgIpc) is 2.16. The standard InChI is InChI=1S/C10H13NO4/c1-4-9(13)15-8-5-7(12)11(8)10(14)6(2)3/h8H,2,4-5H2,1,3H3. The van der Waals surface area contributed by atoms with Crippen LogP contribution in [-0.4, -0.2) is 28.9 Å². The molecule has 1 unspecified atom stereocenters. The predicted molar refractivity (Wildman–Crippen MR) is 51.5 cm³/mol. The van der Waals surface area contributed by atoms with Crippen LogP contribution in [-0.2, 0) is 19.1 Å². The number of carbonyl (C=O) groups is 3. The summed E-state index contributed by atoms with van der Waals surface area (Å²) in [4.78, 5) is 34.5. The minimum atomic E-state index is -0.742. The van der Waals surface area contributed by atoms with Gasteiger partial charge >= 0.3 is 5.97 Å². The maximum absolute atomic E-state index is 11.4. The van der Waals surface area contributed by atoms with E-state index >= 15 is 0 Å². The molecule has 0 aromatic carbocycles. The molecule has 1 rings (SSSR count). The van der Waals surface area contributed by atoms with Gasteiger partial charge in [-0.05, 0) is 6.92 Å². The number of β-lactam (4-membered cyclic amide) rings is 1. The van der Waals surface area contributed by atoms with Crippen molar-refractivity contribution in [2.75, 3.05) is 0 Å². The molecule has 1 fully saturated rings. The van der Waals surface area contributed by atoms with Crippen LogP contribution < -0.4 is 0 Å². The Labute approximate surface area is 87.7 Å². The van der Waals surface area contributed by atoms with Gasteiger partial charge in [-0.2, -0.15) is 0 Å². The number of ether oxygens (including phenoxy) is 1. The monoisotopic (exact) mass is 211 g/mol. The summed E-state index contributed by atoms with van der Waals surface area (Å²) in [5.41, 5.74) is 0.251. The zero-order valence-corrected chi connectivity index (χ0v) is 8.78. The van der Waals surface area contributed by atoms with Gasteiger partial charge in [-0.3, -0.25) is 14.4 Å². The van der Waals surface area contributed by atoms with Crippen LogP contribution in [0.4, 0.5) is 0 Å². The molecule has 15 heavy (non-hydrogen) atoms. The second-order valence-electron chi connectivity index (χ2n) is 3.35. The van der Waals surface area contributed by atoms with E-state index in [4.69, 9.17) is 4.74 Å². The fourth-order valence-corrected chi connectivity index (χ4v) is 1.17. The molecule has 1 aliphatic rings. The zero-order valence-electron chi connectivity index (χ0n) is 8.78. The normalized spacial score (nSPS) is 19.5. The summed E-state index contributed by atoms with van der Waals surface area (Å²) in [6.45, 7) is 6.60. The van der Waals surface area contributed by atoms with E-state index < -0.39 is 18.1 Å². The van der Waals surface area contributed by atoms with E-state index in [1.807, 2.05) is 0 Å². The summed E-state index contributed by atoms with van der Waals surface area (Å²) < 4.78 is 4.89. The van der Waals surface area contributed by atoms with Gasteiger partial charge in [0.25, 0.3) is 5.91 Å². The van der Waals surface area contributed by atoms with Crippen molar-refractivity contribution in [2.24, 2.45) is 0 Å². The molecule has 1 saturated heterocycles. The molecular formula is C10H13NO4. The first kappa shape index (κ1) is 11.4. The molecule has 0 aromatic rings. The largest absolute Gasteiger partial charge is 0.440 e. The number of amides is 2. The number of nitrogens with zero attached hydrogens (tertiary/aromatic N) is 1. The number of hydrogen-bond acceptors (Lipinski definition) is 4. The van der Waals surface area contributed by atoms with E-state index in [-0.39, 0.29) is 24.3 Å². The van der Waals surface area contributed by atoms with Crippen molar-refractivity contribution in [1.82, 2.24) is 4.90 Å². The molecule has 0 saturated carbocycles. The van der Waals surface area contributed by atoms with Crippen LogP contribution in [0, 0.1) is 0 Å². The highest BCUT2D eigenvalue weighted by atomic mass is 16.6. The van der Waals surface area contributed by atoms with Gasteiger partial charge in [0.1, 0.15) is 0 Å². The number of carbonyl (C=O) groups excluding carboxylic acids is 3. The Morgan fingerprint density at radius 2 is 2.20 bits per heavy atom. The van der Waals surface area contributed by atoms with E-state index in [1.165, 1.54) is 6.92 Å². The maximum Gasteiger partial charge on any atom is 0.307 e. The third-order valence-electron chi connectivity index (χ3n) is 2.05. The number of likely N-dealkylation sites (tertiary alicyclic amines) is 1. The second-order valence-corrected chi connectivity index (χ2v) is 3.35. The van der Waals surface area contributed by atoms with Crippen LogP contribution in [0.15, 0.2) is 12.2 Å². The molecule has 5 heteroatoms. The van der Waals surface area contributed by atoms with Crippen LogP contribution in [0.2, 0.25) is 0 Å². The summed E-state index contributed by atoms with van der Waals surface area (Å²) in [6.07, 6.45) is -0.445. The first-order chi connectivity index (χ1) is 6.97. The lowest BCUT2D eigenvalue weighted by Gasteiger charge is -2.37. The van der Waals surface area contributed by atoms with Crippen molar-refractivity contribution in [1.29, 1.82) is 0 Å². The summed E-state index contributed by atoms with van der Waals surface area (Å²) in [7, 11) is 0. The highest BCUT2D eigenvalue weighted by Gasteiger charge is 2.43. The Hall–Kier alpha value is -1.65. The van der Waals surface area contributed by atoms with Gasteiger partial charge in [-0.25, -0.2) is 4.90 Å². The molecule has 0 N–H and O–H groups in total. The third kappa shape index (κ3) is 2.23. The van der Waals surface area contributed by atoms with E-state index in [0.717, 1.165) is 4.90 Å². The first-order valence-electron chi connectivity index (χ1n) is 4.68. The second kappa shape index (κ2) is 4.25. The van der Waals surface area contributed by atoms with E-state index in [9.17, 15) is 14.4 Å². The third-order valence-corrected chi connectivity index (χ3v) is 2.05. The van der Waals surface area contributed by atoms with Crippen molar-refractivity contribution in [2.45, 2.75) is 32.9 Å². The molecule has 0 bridgehead atoms. The molecule has 5 nitrogen and oxygen atoms in total. The smallest absolute Gasteiger partial charge is 0.307 e. The highest BCUT2D eigenvalue weighted by molar-refractivity contribution is 6.07. The quantitative estimate of drug-likeness (QED) is 0.389. The minimum Gasteiger partial charge on any atom is -0.440 e. The average molecular weight is 211 g/mol. The van der Waals surface area contributed by atoms with Crippen LogP contribution in [0.1, 0.15) is 26.7 Å². The van der Waals surface area contributed by atoms with Crippen molar-refractivity contribution in [3.63, 3.8) is 0 Å². The zero-order chi connectivity index (χ0) is 11.6. The predicted octanol–water partition coefficient (Wildman–Crippen LogP) is 0.601. The van der Waals surface area contributed by atoms with E-state index in [2.05, 4.69) is 6.58 Å². The molecule has 0 aliphatic carbocycles. The number of hydrogen-bond donors (Lipinski definition) is 0. The van der Waals surface area contributed by atoms with Gasteiger partial charge in [-0.1, -0.05) is 13.5 Å². The van der Waals surface area contributed by atoms with Crippen LogP contribution in [0.25, 0.3) is 0 Å². The topological polar surface area (TPSA) is 63.7 Å². The first-order valence-corrected chi connectivity index (χ1v) is 4.68. The Kier molecular flexibility index (Phi) is 3.24. The maximum atomic E-state index is 11.4.